The average Bonchev–Trinajstić information content (AvgIpc) is 3.46. The van der Waals surface area contributed by atoms with Gasteiger partial charge in [-0.15, -0.1) is 11.3 Å². The highest BCUT2D eigenvalue weighted by Gasteiger charge is 2.21. The molecule has 3 aromatic heterocycles. The highest BCUT2D eigenvalue weighted by Crippen LogP contribution is 2.39. The van der Waals surface area contributed by atoms with E-state index in [2.05, 4.69) is 27.2 Å². The Bertz CT molecular complexity index is 1400. The number of aromatic nitrogens is 4. The van der Waals surface area contributed by atoms with Crippen LogP contribution in [0.1, 0.15) is 0 Å². The molecule has 2 aromatic carbocycles. The molecule has 0 radical (unpaired) electrons. The smallest absolute Gasteiger partial charge is 0.162 e. The number of nitrogens with two attached hydrogens (primary N) is 1. The molecule has 0 bridgehead atoms. The van der Waals surface area contributed by atoms with Crippen LogP contribution < -0.4 is 10.6 Å². The second-order valence-electron chi connectivity index (χ2n) is 7.56. The Kier molecular flexibility index (Phi) is 4.33. The number of nitrogens with one attached hydrogen (secondary N) is 1. The standard InChI is InChI=1S/C23H20N6OS/c24-15-4-1-3-14(11-15)20-12-19-21(31-20)23(29-7-9-30-10-8-29)27-22(26-19)16-5-2-6-18-17(16)13-25-28-18/h1-6,11-13H,7-10,24H2,(H,25,28). The average molecular weight is 429 g/mol. The highest BCUT2D eigenvalue weighted by atomic mass is 32.1. The van der Waals surface area contributed by atoms with Crippen LogP contribution in [-0.2, 0) is 4.74 Å². The largest absolute Gasteiger partial charge is 0.399 e. The van der Waals surface area contributed by atoms with Gasteiger partial charge in [-0.1, -0.05) is 24.3 Å². The van der Waals surface area contributed by atoms with E-state index in [4.69, 9.17) is 20.4 Å². The summed E-state index contributed by atoms with van der Waals surface area (Å²) in [6, 6.07) is 16.2. The minimum Gasteiger partial charge on any atom is -0.399 e. The molecule has 154 valence electrons. The quantitative estimate of drug-likeness (QED) is 0.416. The molecule has 0 aliphatic carbocycles. The fraction of sp³-hybridized carbons (Fsp3) is 0.174. The summed E-state index contributed by atoms with van der Waals surface area (Å²) in [6.07, 6.45) is 1.83. The van der Waals surface area contributed by atoms with Crippen LogP contribution in [-0.4, -0.2) is 46.5 Å². The van der Waals surface area contributed by atoms with Crippen LogP contribution in [0.15, 0.2) is 54.7 Å². The van der Waals surface area contributed by atoms with Crippen molar-refractivity contribution in [3.63, 3.8) is 0 Å². The molecule has 1 fully saturated rings. The maximum Gasteiger partial charge on any atom is 0.162 e. The monoisotopic (exact) mass is 428 g/mol. The Hall–Kier alpha value is -3.49. The Morgan fingerprint density at radius 3 is 2.77 bits per heavy atom. The lowest BCUT2D eigenvalue weighted by molar-refractivity contribution is 0.122. The molecule has 4 heterocycles. The molecule has 31 heavy (non-hydrogen) atoms. The summed E-state index contributed by atoms with van der Waals surface area (Å²) < 4.78 is 6.66. The number of H-pyrrole nitrogens is 1. The molecule has 0 amide bonds. The van der Waals surface area contributed by atoms with Gasteiger partial charge in [0, 0.05) is 34.6 Å². The van der Waals surface area contributed by atoms with Gasteiger partial charge < -0.3 is 15.4 Å². The van der Waals surface area contributed by atoms with Gasteiger partial charge in [-0.3, -0.25) is 5.10 Å². The van der Waals surface area contributed by atoms with Crippen molar-refractivity contribution < 1.29 is 4.74 Å². The maximum absolute atomic E-state index is 6.03. The first-order chi connectivity index (χ1) is 15.3. The summed E-state index contributed by atoms with van der Waals surface area (Å²) in [4.78, 5) is 13.4. The normalized spacial score (nSPS) is 14.5. The van der Waals surface area contributed by atoms with E-state index in [9.17, 15) is 0 Å². The van der Waals surface area contributed by atoms with E-state index in [-0.39, 0.29) is 0 Å². The number of ether oxygens (including phenoxy) is 1. The molecule has 6 rings (SSSR count). The predicted octanol–water partition coefficient (Wildman–Crippen LogP) is 4.32. The van der Waals surface area contributed by atoms with Crippen LogP contribution in [0.25, 0.3) is 42.9 Å². The lowest BCUT2D eigenvalue weighted by Crippen LogP contribution is -2.36. The fourth-order valence-corrected chi connectivity index (χ4v) is 5.13. The van der Waals surface area contributed by atoms with E-state index in [0.717, 1.165) is 61.7 Å². The molecule has 8 heteroatoms. The number of morpholine rings is 1. The van der Waals surface area contributed by atoms with Crippen LogP contribution >= 0.6 is 11.3 Å². The van der Waals surface area contributed by atoms with Crippen molar-refractivity contribution in [2.45, 2.75) is 0 Å². The number of hydrogen-bond donors (Lipinski definition) is 2. The number of rotatable bonds is 3. The van der Waals surface area contributed by atoms with Crippen molar-refractivity contribution in [1.29, 1.82) is 0 Å². The van der Waals surface area contributed by atoms with Gasteiger partial charge in [0.1, 0.15) is 0 Å². The van der Waals surface area contributed by atoms with Crippen molar-refractivity contribution in [2.24, 2.45) is 0 Å². The van der Waals surface area contributed by atoms with E-state index in [1.165, 1.54) is 0 Å². The first-order valence-electron chi connectivity index (χ1n) is 10.2. The Labute approximate surface area is 182 Å². The molecule has 0 unspecified atom stereocenters. The van der Waals surface area contributed by atoms with Gasteiger partial charge in [-0.2, -0.15) is 5.10 Å². The van der Waals surface area contributed by atoms with Gasteiger partial charge in [0.15, 0.2) is 11.6 Å². The number of hydrogen-bond acceptors (Lipinski definition) is 7. The molecule has 1 aliphatic rings. The zero-order chi connectivity index (χ0) is 20.8. The second-order valence-corrected chi connectivity index (χ2v) is 8.61. The summed E-state index contributed by atoms with van der Waals surface area (Å²) >= 11 is 1.71. The summed E-state index contributed by atoms with van der Waals surface area (Å²) in [6.45, 7) is 3.02. The van der Waals surface area contributed by atoms with E-state index >= 15 is 0 Å². The Morgan fingerprint density at radius 2 is 1.90 bits per heavy atom. The second kappa shape index (κ2) is 7.33. The summed E-state index contributed by atoms with van der Waals surface area (Å²) in [5, 5.41) is 8.25. The molecule has 7 nitrogen and oxygen atoms in total. The summed E-state index contributed by atoms with van der Waals surface area (Å²) in [5.74, 6) is 1.67. The number of fused-ring (bicyclic) bond motifs is 2. The molecule has 3 N–H and O–H groups in total. The SMILES string of the molecule is Nc1cccc(-c2cc3nc(-c4cccc5[nH]ncc45)nc(N4CCOCC4)c3s2)c1. The third kappa shape index (κ3) is 3.20. The van der Waals surface area contributed by atoms with Crippen LogP contribution in [0.4, 0.5) is 11.5 Å². The predicted molar refractivity (Wildman–Crippen MR) is 125 cm³/mol. The molecule has 1 saturated heterocycles. The van der Waals surface area contributed by atoms with Gasteiger partial charge in [0.05, 0.1) is 35.1 Å². The third-order valence-electron chi connectivity index (χ3n) is 5.56. The molecule has 5 aromatic rings. The van der Waals surface area contributed by atoms with Gasteiger partial charge in [0.25, 0.3) is 0 Å². The molecular formula is C23H20N6OS. The van der Waals surface area contributed by atoms with Crippen molar-refractivity contribution >= 4 is 44.0 Å². The molecular weight excluding hydrogens is 408 g/mol. The zero-order valence-electron chi connectivity index (χ0n) is 16.7. The number of thiophene rings is 1. The molecule has 1 aliphatic heterocycles. The van der Waals surface area contributed by atoms with Crippen LogP contribution in [0.3, 0.4) is 0 Å². The van der Waals surface area contributed by atoms with E-state index < -0.39 is 0 Å². The van der Waals surface area contributed by atoms with Crippen molar-refractivity contribution in [2.75, 3.05) is 36.9 Å². The van der Waals surface area contributed by atoms with Crippen molar-refractivity contribution in [3.8, 4) is 21.8 Å². The van der Waals surface area contributed by atoms with Gasteiger partial charge in [-0.25, -0.2) is 9.97 Å². The van der Waals surface area contributed by atoms with Crippen molar-refractivity contribution in [3.05, 3.63) is 54.7 Å². The first kappa shape index (κ1) is 18.3. The molecule has 0 atom stereocenters. The lowest BCUT2D eigenvalue weighted by Gasteiger charge is -2.28. The lowest BCUT2D eigenvalue weighted by atomic mass is 10.1. The number of aromatic amines is 1. The van der Waals surface area contributed by atoms with Crippen LogP contribution in [0, 0.1) is 0 Å². The highest BCUT2D eigenvalue weighted by molar-refractivity contribution is 7.22. The Morgan fingerprint density at radius 1 is 1.03 bits per heavy atom. The minimum absolute atomic E-state index is 0.700. The summed E-state index contributed by atoms with van der Waals surface area (Å²) in [5.41, 5.74) is 10.8. The van der Waals surface area contributed by atoms with Gasteiger partial charge >= 0.3 is 0 Å². The van der Waals surface area contributed by atoms with E-state index in [1.54, 1.807) is 11.3 Å². The van der Waals surface area contributed by atoms with Gasteiger partial charge in [0.2, 0.25) is 0 Å². The fourth-order valence-electron chi connectivity index (χ4n) is 4.02. The number of nitrogens with zero attached hydrogens (tertiary/aromatic N) is 4. The number of nitrogen functional groups attached to an aromatic ring is 1. The number of benzene rings is 2. The van der Waals surface area contributed by atoms with Crippen LogP contribution in [0.2, 0.25) is 0 Å². The zero-order valence-corrected chi connectivity index (χ0v) is 17.5. The first-order valence-corrected chi connectivity index (χ1v) is 11.0. The minimum atomic E-state index is 0.700. The van der Waals surface area contributed by atoms with E-state index in [1.807, 2.05) is 42.6 Å². The molecule has 0 saturated carbocycles. The third-order valence-corrected chi connectivity index (χ3v) is 6.73. The van der Waals surface area contributed by atoms with Crippen LogP contribution in [0.5, 0.6) is 0 Å². The maximum atomic E-state index is 6.03. The topological polar surface area (TPSA) is 93.0 Å². The van der Waals surface area contributed by atoms with Crippen molar-refractivity contribution in [1.82, 2.24) is 20.2 Å². The Balaban J connectivity index is 1.58. The van der Waals surface area contributed by atoms with Gasteiger partial charge in [-0.05, 0) is 29.8 Å². The van der Waals surface area contributed by atoms with E-state index in [0.29, 0.717) is 19.0 Å². The number of anilines is 2. The molecule has 0 spiro atoms. The summed E-state index contributed by atoms with van der Waals surface area (Å²) in [7, 11) is 0.